The number of rotatable bonds is 8. The topological polar surface area (TPSA) is 112 Å². The maximum atomic E-state index is 12.1. The summed E-state index contributed by atoms with van der Waals surface area (Å²) < 4.78 is 21.2. The predicted octanol–water partition coefficient (Wildman–Crippen LogP) is 4.29. The molecule has 0 spiro atoms. The predicted molar refractivity (Wildman–Crippen MR) is 126 cm³/mol. The molecule has 3 aromatic rings. The molecule has 8 heteroatoms. The average molecular weight is 466 g/mol. The third-order valence-corrected chi connectivity index (χ3v) is 5.72. The summed E-state index contributed by atoms with van der Waals surface area (Å²) in [4.78, 5) is 23.9. The van der Waals surface area contributed by atoms with Gasteiger partial charge in [0, 0.05) is 29.7 Å². The van der Waals surface area contributed by atoms with Crippen LogP contribution < -0.4 is 14.2 Å². The molecule has 0 aliphatic rings. The lowest BCUT2D eigenvalue weighted by Gasteiger charge is -2.21. The number of carbonyl (C=O) groups is 2. The van der Waals surface area contributed by atoms with Crippen LogP contribution >= 0.6 is 0 Å². The molecule has 0 radical (unpaired) electrons. The number of phenolic OH excluding ortho intramolecular Hbond substituents is 2. The molecule has 0 atom stereocenters. The smallest absolute Gasteiger partial charge is 0.337 e. The molecule has 8 nitrogen and oxygen atoms in total. The number of aromatic hydroxyl groups is 2. The van der Waals surface area contributed by atoms with Crippen LogP contribution in [-0.2, 0) is 11.2 Å². The fourth-order valence-electron chi connectivity index (χ4n) is 3.95. The first-order chi connectivity index (χ1) is 16.3. The summed E-state index contributed by atoms with van der Waals surface area (Å²) in [6, 6.07) is 9.93. The Hall–Kier alpha value is -4.20. The highest BCUT2D eigenvalue weighted by atomic mass is 16.5. The fraction of sp³-hybridized carbons (Fsp3) is 0.231. The lowest BCUT2D eigenvalue weighted by atomic mass is 9.86. The third-order valence-electron chi connectivity index (χ3n) is 5.72. The SMILES string of the molecule is COC(=O)c1ccc(-c2c(C)c(O)c(O)c(C=O)c2Cc2c(OC)cc(OC)cc2OC)cc1. The number of carbonyl (C=O) groups excluding carboxylic acids is 2. The van der Waals surface area contributed by atoms with E-state index >= 15 is 0 Å². The summed E-state index contributed by atoms with van der Waals surface area (Å²) in [5, 5.41) is 21.1. The van der Waals surface area contributed by atoms with Crippen LogP contribution in [0.2, 0.25) is 0 Å². The summed E-state index contributed by atoms with van der Waals surface area (Å²) >= 11 is 0. The van der Waals surface area contributed by atoms with Crippen molar-refractivity contribution in [3.05, 3.63) is 64.2 Å². The molecule has 3 rings (SSSR count). The van der Waals surface area contributed by atoms with Crippen molar-refractivity contribution >= 4 is 12.3 Å². The van der Waals surface area contributed by atoms with E-state index in [1.54, 1.807) is 43.3 Å². The van der Waals surface area contributed by atoms with Crippen molar-refractivity contribution in [3.63, 3.8) is 0 Å². The van der Waals surface area contributed by atoms with Gasteiger partial charge in [0.2, 0.25) is 0 Å². The van der Waals surface area contributed by atoms with E-state index in [4.69, 9.17) is 18.9 Å². The highest BCUT2D eigenvalue weighted by molar-refractivity contribution is 5.93. The molecule has 3 aromatic carbocycles. The van der Waals surface area contributed by atoms with Crippen molar-refractivity contribution in [3.8, 4) is 39.9 Å². The standard InChI is InChI=1S/C26H26O8/c1-14-23(15-6-8-16(9-7-15)26(30)34-5)18(20(13-27)25(29)24(14)28)12-19-21(32-3)10-17(31-2)11-22(19)33-4/h6-11,13,28-29H,12H2,1-5H3. The van der Waals surface area contributed by atoms with Gasteiger partial charge in [0.25, 0.3) is 0 Å². The quantitative estimate of drug-likeness (QED) is 0.287. The Morgan fingerprint density at radius 1 is 0.882 bits per heavy atom. The number of esters is 1. The van der Waals surface area contributed by atoms with Crippen LogP contribution in [0.3, 0.4) is 0 Å². The number of aldehydes is 1. The lowest BCUT2D eigenvalue weighted by molar-refractivity contribution is 0.0600. The van der Waals surface area contributed by atoms with Gasteiger partial charge in [-0.1, -0.05) is 12.1 Å². The Bertz CT molecular complexity index is 1200. The zero-order chi connectivity index (χ0) is 25.0. The second kappa shape index (κ2) is 10.2. The van der Waals surface area contributed by atoms with E-state index in [-0.39, 0.29) is 12.0 Å². The van der Waals surface area contributed by atoms with Gasteiger partial charge >= 0.3 is 5.97 Å². The molecule has 0 aliphatic carbocycles. The molecule has 0 amide bonds. The number of hydrogen-bond acceptors (Lipinski definition) is 8. The van der Waals surface area contributed by atoms with Crippen LogP contribution in [0.1, 0.15) is 37.4 Å². The molecular weight excluding hydrogens is 440 g/mol. The molecule has 0 unspecified atom stereocenters. The summed E-state index contributed by atoms with van der Waals surface area (Å²) in [5.74, 6) is 0.0562. The molecule has 2 N–H and O–H groups in total. The van der Waals surface area contributed by atoms with Gasteiger partial charge in [-0.2, -0.15) is 0 Å². The van der Waals surface area contributed by atoms with Crippen molar-refractivity contribution in [2.75, 3.05) is 28.4 Å². The summed E-state index contributed by atoms with van der Waals surface area (Å²) in [6.45, 7) is 1.64. The number of hydrogen-bond donors (Lipinski definition) is 2. The van der Waals surface area contributed by atoms with Crippen molar-refractivity contribution in [2.24, 2.45) is 0 Å². The van der Waals surface area contributed by atoms with E-state index in [1.165, 1.54) is 28.4 Å². The largest absolute Gasteiger partial charge is 0.504 e. The molecule has 0 fully saturated rings. The minimum absolute atomic E-state index is 0.0601. The molecule has 0 heterocycles. The van der Waals surface area contributed by atoms with Gasteiger partial charge in [-0.25, -0.2) is 4.79 Å². The zero-order valence-electron chi connectivity index (χ0n) is 19.6. The molecular formula is C26H26O8. The molecule has 0 aliphatic heterocycles. The Balaban J connectivity index is 2.30. The average Bonchev–Trinajstić information content (AvgIpc) is 2.87. The Morgan fingerprint density at radius 2 is 1.47 bits per heavy atom. The number of methoxy groups -OCH3 is 4. The number of phenols is 2. The van der Waals surface area contributed by atoms with Gasteiger partial charge in [-0.3, -0.25) is 4.79 Å². The van der Waals surface area contributed by atoms with Gasteiger partial charge in [0.15, 0.2) is 17.8 Å². The van der Waals surface area contributed by atoms with E-state index < -0.39 is 17.5 Å². The van der Waals surface area contributed by atoms with Crippen LogP contribution in [0.5, 0.6) is 28.7 Å². The molecule has 0 aromatic heterocycles. The van der Waals surface area contributed by atoms with Crippen LogP contribution in [-0.4, -0.2) is 50.9 Å². The van der Waals surface area contributed by atoms with Crippen LogP contribution in [0.4, 0.5) is 0 Å². The van der Waals surface area contributed by atoms with Gasteiger partial charge < -0.3 is 29.2 Å². The summed E-state index contributed by atoms with van der Waals surface area (Å²) in [5.41, 5.74) is 2.90. The van der Waals surface area contributed by atoms with Gasteiger partial charge in [0.1, 0.15) is 17.2 Å². The highest BCUT2D eigenvalue weighted by Gasteiger charge is 2.25. The maximum Gasteiger partial charge on any atom is 0.337 e. The minimum Gasteiger partial charge on any atom is -0.504 e. The van der Waals surface area contributed by atoms with Crippen LogP contribution in [0.25, 0.3) is 11.1 Å². The third kappa shape index (κ3) is 4.34. The first-order valence-electron chi connectivity index (χ1n) is 10.3. The van der Waals surface area contributed by atoms with E-state index in [2.05, 4.69) is 0 Å². The molecule has 34 heavy (non-hydrogen) atoms. The van der Waals surface area contributed by atoms with Crippen molar-refractivity contribution in [1.29, 1.82) is 0 Å². The zero-order valence-corrected chi connectivity index (χ0v) is 19.6. The van der Waals surface area contributed by atoms with Gasteiger partial charge in [-0.15, -0.1) is 0 Å². The van der Waals surface area contributed by atoms with Crippen LogP contribution in [0.15, 0.2) is 36.4 Å². The summed E-state index contributed by atoms with van der Waals surface area (Å²) in [7, 11) is 5.83. The van der Waals surface area contributed by atoms with Crippen molar-refractivity contribution in [1.82, 2.24) is 0 Å². The monoisotopic (exact) mass is 466 g/mol. The first kappa shape index (κ1) is 24.4. The molecule has 0 saturated heterocycles. The normalized spacial score (nSPS) is 10.5. The van der Waals surface area contributed by atoms with E-state index in [0.29, 0.717) is 56.9 Å². The Morgan fingerprint density at radius 3 is 1.94 bits per heavy atom. The molecule has 178 valence electrons. The van der Waals surface area contributed by atoms with E-state index in [1.807, 2.05) is 0 Å². The fourth-order valence-corrected chi connectivity index (χ4v) is 3.95. The van der Waals surface area contributed by atoms with Gasteiger partial charge in [-0.05, 0) is 35.7 Å². The lowest BCUT2D eigenvalue weighted by Crippen LogP contribution is -2.06. The molecule has 0 bridgehead atoms. The Kier molecular flexibility index (Phi) is 7.31. The maximum absolute atomic E-state index is 12.1. The van der Waals surface area contributed by atoms with E-state index in [0.717, 1.165) is 0 Å². The molecule has 0 saturated carbocycles. The van der Waals surface area contributed by atoms with Gasteiger partial charge in [0.05, 0.1) is 39.6 Å². The van der Waals surface area contributed by atoms with E-state index in [9.17, 15) is 19.8 Å². The van der Waals surface area contributed by atoms with Crippen molar-refractivity contribution < 1.29 is 38.7 Å². The second-order valence-electron chi connectivity index (χ2n) is 7.46. The van der Waals surface area contributed by atoms with Crippen molar-refractivity contribution in [2.45, 2.75) is 13.3 Å². The summed E-state index contributed by atoms with van der Waals surface area (Å²) in [6.07, 6.45) is 0.631. The van der Waals surface area contributed by atoms with Crippen LogP contribution in [0, 0.1) is 6.92 Å². The number of benzene rings is 3. The Labute approximate surface area is 197 Å². The first-order valence-corrected chi connectivity index (χ1v) is 10.3. The number of ether oxygens (including phenoxy) is 4. The second-order valence-corrected chi connectivity index (χ2v) is 7.46. The highest BCUT2D eigenvalue weighted by Crippen LogP contribution is 2.45. The minimum atomic E-state index is -0.510.